The standard InChI is InChI=1S/C26H21N5O3S/c32-23(16-34-17-24-27-21-13-7-8-14-22(21)35-24)28-29-26(33)20-15-31(19-11-5-2-6-12-19)30-25(20)18-9-3-1-4-10-18/h1-15H,16-17H2,(H,28,32)(H,29,33). The van der Waals surface area contributed by atoms with Crippen molar-refractivity contribution in [1.82, 2.24) is 25.6 Å². The normalized spacial score (nSPS) is 10.9. The molecule has 174 valence electrons. The Kier molecular flexibility index (Phi) is 6.60. The monoisotopic (exact) mass is 483 g/mol. The predicted octanol–water partition coefficient (Wildman–Crippen LogP) is 4.13. The van der Waals surface area contributed by atoms with Gasteiger partial charge in [0.25, 0.3) is 11.8 Å². The Hall–Kier alpha value is -4.34. The van der Waals surface area contributed by atoms with Crippen molar-refractivity contribution in [2.45, 2.75) is 6.61 Å². The van der Waals surface area contributed by atoms with E-state index in [1.165, 1.54) is 11.3 Å². The summed E-state index contributed by atoms with van der Waals surface area (Å²) in [6, 6.07) is 26.7. The third kappa shape index (κ3) is 5.26. The number of para-hydroxylation sites is 2. The van der Waals surface area contributed by atoms with Gasteiger partial charge in [-0.05, 0) is 24.3 Å². The first-order valence-electron chi connectivity index (χ1n) is 10.9. The number of amides is 2. The zero-order chi connectivity index (χ0) is 24.0. The van der Waals surface area contributed by atoms with Gasteiger partial charge in [-0.2, -0.15) is 5.10 Å². The van der Waals surface area contributed by atoms with E-state index in [1.54, 1.807) is 10.9 Å². The number of fused-ring (bicyclic) bond motifs is 1. The number of ether oxygens (including phenoxy) is 1. The molecule has 35 heavy (non-hydrogen) atoms. The summed E-state index contributed by atoms with van der Waals surface area (Å²) >= 11 is 1.52. The fourth-order valence-corrected chi connectivity index (χ4v) is 4.41. The summed E-state index contributed by atoms with van der Waals surface area (Å²) in [6.45, 7) is -0.00621. The molecule has 0 radical (unpaired) electrons. The number of benzene rings is 3. The molecule has 0 fully saturated rings. The Morgan fingerprint density at radius 1 is 0.886 bits per heavy atom. The van der Waals surface area contributed by atoms with E-state index in [4.69, 9.17) is 4.74 Å². The van der Waals surface area contributed by atoms with E-state index < -0.39 is 11.8 Å². The number of carbonyl (C=O) groups is 2. The van der Waals surface area contributed by atoms with Gasteiger partial charge in [-0.15, -0.1) is 11.3 Å². The number of aromatic nitrogens is 3. The number of nitrogens with zero attached hydrogens (tertiary/aromatic N) is 3. The molecular weight excluding hydrogens is 462 g/mol. The van der Waals surface area contributed by atoms with Gasteiger partial charge < -0.3 is 4.74 Å². The fourth-order valence-electron chi connectivity index (χ4n) is 3.50. The topological polar surface area (TPSA) is 98.1 Å². The van der Waals surface area contributed by atoms with Crippen molar-refractivity contribution in [3.05, 3.63) is 102 Å². The molecule has 9 heteroatoms. The summed E-state index contributed by atoms with van der Waals surface area (Å²) in [5, 5.41) is 5.39. The molecule has 2 N–H and O–H groups in total. The van der Waals surface area contributed by atoms with E-state index in [-0.39, 0.29) is 13.2 Å². The quantitative estimate of drug-likeness (QED) is 0.339. The molecule has 0 aliphatic rings. The fraction of sp³-hybridized carbons (Fsp3) is 0.0769. The van der Waals surface area contributed by atoms with Crippen LogP contribution in [0.2, 0.25) is 0 Å². The Balaban J connectivity index is 1.22. The minimum atomic E-state index is -0.481. The first kappa shape index (κ1) is 22.5. The SMILES string of the molecule is O=C(COCc1nc2ccccc2s1)NNC(=O)c1cn(-c2ccccc2)nc1-c1ccccc1. The smallest absolute Gasteiger partial charge is 0.273 e. The summed E-state index contributed by atoms with van der Waals surface area (Å²) in [6.07, 6.45) is 1.64. The molecule has 2 amide bonds. The number of carbonyl (C=O) groups excluding carboxylic acids is 2. The summed E-state index contributed by atoms with van der Waals surface area (Å²) in [5.74, 6) is -0.957. The van der Waals surface area contributed by atoms with Gasteiger partial charge in [0.1, 0.15) is 17.3 Å². The summed E-state index contributed by atoms with van der Waals surface area (Å²) in [5.41, 5.74) is 8.21. The van der Waals surface area contributed by atoms with Crippen LogP contribution in [0, 0.1) is 0 Å². The molecule has 2 heterocycles. The maximum absolute atomic E-state index is 13.0. The number of hydrogen-bond donors (Lipinski definition) is 2. The Labute approximate surface area is 205 Å². The van der Waals surface area contributed by atoms with Crippen LogP contribution in [-0.4, -0.2) is 33.2 Å². The van der Waals surface area contributed by atoms with Crippen LogP contribution < -0.4 is 10.9 Å². The lowest BCUT2D eigenvalue weighted by atomic mass is 10.1. The van der Waals surface area contributed by atoms with E-state index in [0.29, 0.717) is 11.3 Å². The Morgan fingerprint density at radius 2 is 1.60 bits per heavy atom. The number of thiazole rings is 1. The summed E-state index contributed by atoms with van der Waals surface area (Å²) < 4.78 is 8.17. The van der Waals surface area contributed by atoms with Crippen molar-refractivity contribution in [2.75, 3.05) is 6.61 Å². The van der Waals surface area contributed by atoms with Crippen LogP contribution in [0.15, 0.2) is 91.1 Å². The molecule has 0 spiro atoms. The lowest BCUT2D eigenvalue weighted by molar-refractivity contribution is -0.126. The van der Waals surface area contributed by atoms with Crippen LogP contribution in [-0.2, 0) is 16.1 Å². The molecule has 8 nitrogen and oxygen atoms in total. The highest BCUT2D eigenvalue weighted by atomic mass is 32.1. The minimum absolute atomic E-state index is 0.211. The van der Waals surface area contributed by atoms with E-state index in [2.05, 4.69) is 20.9 Å². The number of rotatable bonds is 7. The van der Waals surface area contributed by atoms with Crippen molar-refractivity contribution in [3.8, 4) is 16.9 Å². The Bertz CT molecular complexity index is 1430. The second-order valence-corrected chi connectivity index (χ2v) is 8.72. The predicted molar refractivity (Wildman–Crippen MR) is 134 cm³/mol. The summed E-state index contributed by atoms with van der Waals surface area (Å²) in [7, 11) is 0. The number of nitrogens with one attached hydrogen (secondary N) is 2. The van der Waals surface area contributed by atoms with Crippen molar-refractivity contribution in [1.29, 1.82) is 0 Å². The molecule has 2 aromatic heterocycles. The minimum Gasteiger partial charge on any atom is -0.364 e. The van der Waals surface area contributed by atoms with Gasteiger partial charge in [-0.25, -0.2) is 9.67 Å². The van der Waals surface area contributed by atoms with Crippen LogP contribution in [0.4, 0.5) is 0 Å². The Morgan fingerprint density at radius 3 is 2.37 bits per heavy atom. The third-order valence-corrected chi connectivity index (χ3v) is 6.15. The highest BCUT2D eigenvalue weighted by Gasteiger charge is 2.19. The molecule has 0 saturated heterocycles. The second kappa shape index (κ2) is 10.3. The molecule has 0 atom stereocenters. The third-order valence-electron chi connectivity index (χ3n) is 5.14. The molecule has 0 aliphatic heterocycles. The molecule has 5 rings (SSSR count). The van der Waals surface area contributed by atoms with Crippen LogP contribution in [0.25, 0.3) is 27.2 Å². The van der Waals surface area contributed by atoms with Crippen molar-refractivity contribution in [2.24, 2.45) is 0 Å². The van der Waals surface area contributed by atoms with Gasteiger partial charge >= 0.3 is 0 Å². The molecule has 5 aromatic rings. The molecular formula is C26H21N5O3S. The van der Waals surface area contributed by atoms with Crippen LogP contribution >= 0.6 is 11.3 Å². The van der Waals surface area contributed by atoms with Crippen molar-refractivity contribution in [3.63, 3.8) is 0 Å². The average Bonchev–Trinajstić information content (AvgIpc) is 3.53. The number of hydrogen-bond acceptors (Lipinski definition) is 6. The molecule has 3 aromatic carbocycles. The van der Waals surface area contributed by atoms with Gasteiger partial charge in [0, 0.05) is 11.8 Å². The largest absolute Gasteiger partial charge is 0.364 e. The first-order valence-corrected chi connectivity index (χ1v) is 11.7. The van der Waals surface area contributed by atoms with E-state index in [9.17, 15) is 9.59 Å². The zero-order valence-electron chi connectivity index (χ0n) is 18.5. The summed E-state index contributed by atoms with van der Waals surface area (Å²) in [4.78, 5) is 29.7. The maximum Gasteiger partial charge on any atom is 0.273 e. The molecule has 0 aliphatic carbocycles. The zero-order valence-corrected chi connectivity index (χ0v) is 19.4. The van der Waals surface area contributed by atoms with Crippen molar-refractivity contribution < 1.29 is 14.3 Å². The second-order valence-electron chi connectivity index (χ2n) is 7.61. The van der Waals surface area contributed by atoms with E-state index in [1.807, 2.05) is 84.9 Å². The van der Waals surface area contributed by atoms with Crippen LogP contribution in [0.5, 0.6) is 0 Å². The number of hydrazine groups is 1. The highest BCUT2D eigenvalue weighted by Crippen LogP contribution is 2.24. The van der Waals surface area contributed by atoms with E-state index in [0.717, 1.165) is 26.5 Å². The lowest BCUT2D eigenvalue weighted by Crippen LogP contribution is -2.43. The molecule has 0 bridgehead atoms. The van der Waals surface area contributed by atoms with Crippen LogP contribution in [0.3, 0.4) is 0 Å². The van der Waals surface area contributed by atoms with Gasteiger partial charge in [-0.3, -0.25) is 20.4 Å². The maximum atomic E-state index is 13.0. The average molecular weight is 484 g/mol. The lowest BCUT2D eigenvalue weighted by Gasteiger charge is -2.07. The van der Waals surface area contributed by atoms with Gasteiger partial charge in [0.05, 0.1) is 28.1 Å². The first-order chi connectivity index (χ1) is 17.2. The molecule has 0 unspecified atom stereocenters. The van der Waals surface area contributed by atoms with Crippen molar-refractivity contribution >= 4 is 33.4 Å². The van der Waals surface area contributed by atoms with Gasteiger partial charge in [0.15, 0.2) is 0 Å². The van der Waals surface area contributed by atoms with Gasteiger partial charge in [0.2, 0.25) is 0 Å². The van der Waals surface area contributed by atoms with E-state index >= 15 is 0 Å². The molecule has 0 saturated carbocycles. The van der Waals surface area contributed by atoms with Gasteiger partial charge in [-0.1, -0.05) is 60.7 Å². The highest BCUT2D eigenvalue weighted by molar-refractivity contribution is 7.18. The van der Waals surface area contributed by atoms with Crippen LogP contribution in [0.1, 0.15) is 15.4 Å².